The van der Waals surface area contributed by atoms with Gasteiger partial charge in [0, 0.05) is 26.2 Å². The van der Waals surface area contributed by atoms with Crippen molar-refractivity contribution in [3.8, 4) is 5.75 Å². The highest BCUT2D eigenvalue weighted by atomic mass is 32.2. The zero-order valence-corrected chi connectivity index (χ0v) is 17.8. The molecule has 2 saturated heterocycles. The van der Waals surface area contributed by atoms with Gasteiger partial charge in [-0.25, -0.2) is 12.7 Å². The van der Waals surface area contributed by atoms with Crippen LogP contribution in [0.2, 0.25) is 0 Å². The molecular formula is C21H26N4O4S. The van der Waals surface area contributed by atoms with Gasteiger partial charge in [0.25, 0.3) is 5.91 Å². The summed E-state index contributed by atoms with van der Waals surface area (Å²) in [6, 6.07) is 9.36. The van der Waals surface area contributed by atoms with Crippen LogP contribution < -0.4 is 4.74 Å². The molecule has 2 aliphatic rings. The van der Waals surface area contributed by atoms with Crippen molar-refractivity contribution in [1.82, 2.24) is 19.4 Å². The Morgan fingerprint density at radius 2 is 1.90 bits per heavy atom. The second-order valence-corrected chi connectivity index (χ2v) is 9.95. The topological polar surface area (TPSA) is 92.7 Å². The van der Waals surface area contributed by atoms with Gasteiger partial charge >= 0.3 is 0 Å². The molecule has 1 aromatic carbocycles. The van der Waals surface area contributed by atoms with Crippen molar-refractivity contribution in [2.45, 2.75) is 24.5 Å². The zero-order valence-electron chi connectivity index (χ0n) is 17.0. The first kappa shape index (κ1) is 20.7. The Kier molecular flexibility index (Phi) is 6.01. The molecule has 0 unspecified atom stereocenters. The lowest BCUT2D eigenvalue weighted by Crippen LogP contribution is -2.35. The number of carbonyl (C=O) groups excluding carboxylic acids is 1. The van der Waals surface area contributed by atoms with Crippen LogP contribution in [0.25, 0.3) is 0 Å². The fourth-order valence-electron chi connectivity index (χ4n) is 4.36. The molecule has 4 rings (SSSR count). The van der Waals surface area contributed by atoms with Gasteiger partial charge in [0.15, 0.2) is 0 Å². The number of rotatable bonds is 5. The van der Waals surface area contributed by atoms with E-state index in [4.69, 9.17) is 4.74 Å². The van der Waals surface area contributed by atoms with Crippen molar-refractivity contribution in [2.75, 3.05) is 33.3 Å². The number of fused-ring (bicyclic) bond motifs is 1. The van der Waals surface area contributed by atoms with E-state index in [0.29, 0.717) is 51.0 Å². The van der Waals surface area contributed by atoms with Gasteiger partial charge in [-0.05, 0) is 48.9 Å². The number of aromatic nitrogens is 2. The van der Waals surface area contributed by atoms with E-state index in [1.165, 1.54) is 12.4 Å². The summed E-state index contributed by atoms with van der Waals surface area (Å²) in [6.07, 6.45) is 4.77. The first-order valence-electron chi connectivity index (χ1n) is 10.2. The van der Waals surface area contributed by atoms with Gasteiger partial charge in [0.1, 0.15) is 5.75 Å². The Morgan fingerprint density at radius 1 is 1.13 bits per heavy atom. The standard InChI is InChI=1S/C21H26N4O4S/c1-29-19-4-2-16(3-5-19)7-13-25-15-18-8-11-24(12-9-20(18)30(25,27)28)21(26)17-6-10-22-23-14-17/h2-6,10,14,18,20H,7-9,11-13,15H2,1H3/t18-,20-/m1/s1. The lowest BCUT2D eigenvalue weighted by molar-refractivity contribution is 0.0758. The van der Waals surface area contributed by atoms with Gasteiger partial charge < -0.3 is 9.64 Å². The number of hydrogen-bond donors (Lipinski definition) is 0. The van der Waals surface area contributed by atoms with E-state index in [0.717, 1.165) is 11.3 Å². The number of methoxy groups -OCH3 is 1. The van der Waals surface area contributed by atoms with Gasteiger partial charge in [0.2, 0.25) is 10.0 Å². The number of benzene rings is 1. The minimum absolute atomic E-state index is 0.0548. The number of ether oxygens (including phenoxy) is 1. The van der Waals surface area contributed by atoms with E-state index in [9.17, 15) is 13.2 Å². The average molecular weight is 431 g/mol. The summed E-state index contributed by atoms with van der Waals surface area (Å²) in [6.45, 7) is 2.01. The molecule has 1 aromatic heterocycles. The summed E-state index contributed by atoms with van der Waals surface area (Å²) in [5.41, 5.74) is 1.57. The molecule has 0 N–H and O–H groups in total. The highest BCUT2D eigenvalue weighted by Crippen LogP contribution is 2.34. The Balaban J connectivity index is 1.38. The third-order valence-electron chi connectivity index (χ3n) is 6.09. The third kappa shape index (κ3) is 4.17. The van der Waals surface area contributed by atoms with E-state index in [1.807, 2.05) is 24.3 Å². The van der Waals surface area contributed by atoms with Crippen LogP contribution in [0.15, 0.2) is 42.7 Å². The molecule has 8 nitrogen and oxygen atoms in total. The summed E-state index contributed by atoms with van der Waals surface area (Å²) >= 11 is 0. The molecule has 30 heavy (non-hydrogen) atoms. The van der Waals surface area contributed by atoms with Crippen LogP contribution in [0.5, 0.6) is 5.75 Å². The summed E-state index contributed by atoms with van der Waals surface area (Å²) in [7, 11) is -1.74. The largest absolute Gasteiger partial charge is 0.497 e. The molecule has 1 amide bonds. The Labute approximate surface area is 176 Å². The molecule has 2 aliphatic heterocycles. The predicted octanol–water partition coefficient (Wildman–Crippen LogP) is 1.59. The minimum Gasteiger partial charge on any atom is -0.497 e. The van der Waals surface area contributed by atoms with E-state index < -0.39 is 15.3 Å². The van der Waals surface area contributed by atoms with Crippen LogP contribution in [0.3, 0.4) is 0 Å². The molecule has 0 bridgehead atoms. The molecular weight excluding hydrogens is 404 g/mol. The third-order valence-corrected chi connectivity index (χ3v) is 8.52. The molecule has 0 saturated carbocycles. The summed E-state index contributed by atoms with van der Waals surface area (Å²) in [5.74, 6) is 0.731. The molecule has 3 heterocycles. The second kappa shape index (κ2) is 8.69. The first-order valence-corrected chi connectivity index (χ1v) is 11.7. The van der Waals surface area contributed by atoms with Crippen molar-refractivity contribution in [1.29, 1.82) is 0 Å². The normalized spacial score (nSPS) is 23.6. The molecule has 2 fully saturated rings. The predicted molar refractivity (Wildman–Crippen MR) is 112 cm³/mol. The second-order valence-electron chi connectivity index (χ2n) is 7.80. The summed E-state index contributed by atoms with van der Waals surface area (Å²) in [5, 5.41) is 7.05. The van der Waals surface area contributed by atoms with Gasteiger partial charge in [-0.15, -0.1) is 0 Å². The van der Waals surface area contributed by atoms with E-state index in [1.54, 1.807) is 22.4 Å². The van der Waals surface area contributed by atoms with Crippen molar-refractivity contribution < 1.29 is 17.9 Å². The quantitative estimate of drug-likeness (QED) is 0.715. The molecule has 0 spiro atoms. The van der Waals surface area contributed by atoms with Gasteiger partial charge in [-0.3, -0.25) is 4.79 Å². The molecule has 2 atom stereocenters. The number of carbonyl (C=O) groups is 1. The van der Waals surface area contributed by atoms with Crippen molar-refractivity contribution >= 4 is 15.9 Å². The Bertz CT molecular complexity index is 982. The number of likely N-dealkylation sites (tertiary alicyclic amines) is 1. The maximum absolute atomic E-state index is 13.1. The molecule has 2 aromatic rings. The summed E-state index contributed by atoms with van der Waals surface area (Å²) < 4.78 is 33.1. The zero-order chi connectivity index (χ0) is 21.1. The van der Waals surface area contributed by atoms with Crippen LogP contribution in [0.4, 0.5) is 0 Å². The highest BCUT2D eigenvalue weighted by Gasteiger charge is 2.46. The van der Waals surface area contributed by atoms with E-state index in [-0.39, 0.29) is 11.8 Å². The van der Waals surface area contributed by atoms with Crippen molar-refractivity contribution in [3.63, 3.8) is 0 Å². The number of hydrogen-bond acceptors (Lipinski definition) is 6. The SMILES string of the molecule is COc1ccc(CCN2C[C@H]3CCN(C(=O)c4ccnnc4)CC[C@H]3S2(=O)=O)cc1. The average Bonchev–Trinajstić information content (AvgIpc) is 2.90. The number of sulfonamides is 1. The van der Waals surface area contributed by atoms with Crippen molar-refractivity contribution in [3.05, 3.63) is 53.9 Å². The van der Waals surface area contributed by atoms with Crippen LogP contribution in [0, 0.1) is 5.92 Å². The van der Waals surface area contributed by atoms with Gasteiger partial charge in [-0.2, -0.15) is 10.2 Å². The maximum Gasteiger partial charge on any atom is 0.255 e. The Hall–Kier alpha value is -2.52. The minimum atomic E-state index is -3.36. The van der Waals surface area contributed by atoms with Crippen LogP contribution >= 0.6 is 0 Å². The van der Waals surface area contributed by atoms with E-state index in [2.05, 4.69) is 10.2 Å². The fourth-order valence-corrected chi connectivity index (χ4v) is 6.60. The van der Waals surface area contributed by atoms with E-state index >= 15 is 0 Å². The Morgan fingerprint density at radius 3 is 2.60 bits per heavy atom. The van der Waals surface area contributed by atoms with Crippen molar-refractivity contribution in [2.24, 2.45) is 5.92 Å². The maximum atomic E-state index is 13.1. The molecule has 0 radical (unpaired) electrons. The number of nitrogens with zero attached hydrogens (tertiary/aromatic N) is 4. The van der Waals surface area contributed by atoms with Crippen LogP contribution in [-0.4, -0.2) is 72.3 Å². The molecule has 160 valence electrons. The fraction of sp³-hybridized carbons (Fsp3) is 0.476. The highest BCUT2D eigenvalue weighted by molar-refractivity contribution is 7.90. The van der Waals surface area contributed by atoms with Crippen LogP contribution in [0.1, 0.15) is 28.8 Å². The lowest BCUT2D eigenvalue weighted by atomic mass is 10.0. The summed E-state index contributed by atoms with van der Waals surface area (Å²) in [4.78, 5) is 14.4. The lowest BCUT2D eigenvalue weighted by Gasteiger charge is -2.22. The smallest absolute Gasteiger partial charge is 0.255 e. The first-order chi connectivity index (χ1) is 14.5. The molecule has 9 heteroatoms. The van der Waals surface area contributed by atoms with Crippen LogP contribution in [-0.2, 0) is 16.4 Å². The molecule has 0 aliphatic carbocycles. The number of amides is 1. The van der Waals surface area contributed by atoms with Gasteiger partial charge in [-0.1, -0.05) is 12.1 Å². The monoisotopic (exact) mass is 430 g/mol. The van der Waals surface area contributed by atoms with Gasteiger partial charge in [0.05, 0.1) is 30.3 Å².